The van der Waals surface area contributed by atoms with Crippen molar-refractivity contribution in [1.82, 2.24) is 0 Å². The van der Waals surface area contributed by atoms with Gasteiger partial charge in [0.25, 0.3) is 0 Å². The van der Waals surface area contributed by atoms with Gasteiger partial charge in [0.2, 0.25) is 0 Å². The van der Waals surface area contributed by atoms with Crippen LogP contribution in [0.3, 0.4) is 0 Å². The minimum Gasteiger partial charge on any atom is -0.462 e. The van der Waals surface area contributed by atoms with Crippen LogP contribution in [-0.4, -0.2) is 12.6 Å². The number of carbonyl (C=O) groups is 1. The molecule has 0 bridgehead atoms. The first kappa shape index (κ1) is 11.6. The lowest BCUT2D eigenvalue weighted by atomic mass is 10.1. The molecule has 0 radical (unpaired) electrons. The average Bonchev–Trinajstić information content (AvgIpc) is 2.22. The van der Waals surface area contributed by atoms with Gasteiger partial charge in [-0.15, -0.1) is 12.6 Å². The number of thiol groups is 1. The standard InChI is InChI=1S/C11H11NO2S/c1-3-14-11(13)9-5-4-8(6-12)10(15)7(9)2/h4-5,15H,3H2,1-2H3. The van der Waals surface area contributed by atoms with E-state index in [-0.39, 0.29) is 5.97 Å². The smallest absolute Gasteiger partial charge is 0.338 e. The number of ether oxygens (including phenoxy) is 1. The van der Waals surface area contributed by atoms with Gasteiger partial charge < -0.3 is 4.74 Å². The predicted molar refractivity (Wildman–Crippen MR) is 59.1 cm³/mol. The molecule has 0 unspecified atom stereocenters. The molecule has 0 aliphatic carbocycles. The van der Waals surface area contributed by atoms with Crippen LogP contribution in [0.25, 0.3) is 0 Å². The van der Waals surface area contributed by atoms with Crippen molar-refractivity contribution in [3.8, 4) is 6.07 Å². The molecule has 0 N–H and O–H groups in total. The number of carbonyl (C=O) groups excluding carboxylic acids is 1. The van der Waals surface area contributed by atoms with Crippen LogP contribution < -0.4 is 0 Å². The van der Waals surface area contributed by atoms with Crippen LogP contribution in [0.15, 0.2) is 17.0 Å². The zero-order valence-corrected chi connectivity index (χ0v) is 9.47. The molecule has 0 amide bonds. The lowest BCUT2D eigenvalue weighted by molar-refractivity contribution is 0.0525. The zero-order chi connectivity index (χ0) is 11.4. The van der Waals surface area contributed by atoms with Gasteiger partial charge in [-0.25, -0.2) is 4.79 Å². The SMILES string of the molecule is CCOC(=O)c1ccc(C#N)c(S)c1C. The Labute approximate surface area is 94.1 Å². The Hall–Kier alpha value is -1.47. The van der Waals surface area contributed by atoms with Gasteiger partial charge in [0.05, 0.1) is 17.7 Å². The third kappa shape index (κ3) is 2.31. The maximum Gasteiger partial charge on any atom is 0.338 e. The Bertz CT molecular complexity index is 435. The van der Waals surface area contributed by atoms with Crippen molar-refractivity contribution < 1.29 is 9.53 Å². The summed E-state index contributed by atoms with van der Waals surface area (Å²) in [7, 11) is 0. The number of benzene rings is 1. The van der Waals surface area contributed by atoms with Gasteiger partial charge in [-0.3, -0.25) is 0 Å². The molecule has 4 heteroatoms. The first-order valence-corrected chi connectivity index (χ1v) is 4.96. The first-order valence-electron chi connectivity index (χ1n) is 4.51. The largest absolute Gasteiger partial charge is 0.462 e. The highest BCUT2D eigenvalue weighted by Gasteiger charge is 2.13. The molecule has 0 aliphatic rings. The number of hydrogen-bond donors (Lipinski definition) is 1. The molecule has 0 saturated carbocycles. The summed E-state index contributed by atoms with van der Waals surface area (Å²) in [6.07, 6.45) is 0. The van der Waals surface area contributed by atoms with Gasteiger partial charge in [-0.1, -0.05) is 0 Å². The van der Waals surface area contributed by atoms with Crippen molar-refractivity contribution in [2.75, 3.05) is 6.61 Å². The van der Waals surface area contributed by atoms with E-state index in [9.17, 15) is 4.79 Å². The van der Waals surface area contributed by atoms with Crippen LogP contribution in [0.1, 0.15) is 28.4 Å². The zero-order valence-electron chi connectivity index (χ0n) is 8.57. The van der Waals surface area contributed by atoms with Crippen LogP contribution in [0.4, 0.5) is 0 Å². The van der Waals surface area contributed by atoms with E-state index in [0.29, 0.717) is 28.2 Å². The summed E-state index contributed by atoms with van der Waals surface area (Å²) in [5.41, 5.74) is 1.60. The summed E-state index contributed by atoms with van der Waals surface area (Å²) in [5.74, 6) is -0.380. The molecule has 0 saturated heterocycles. The molecule has 0 aromatic heterocycles. The van der Waals surface area contributed by atoms with Crippen LogP contribution in [0.2, 0.25) is 0 Å². The van der Waals surface area contributed by atoms with E-state index in [1.165, 1.54) is 0 Å². The second-order valence-electron chi connectivity index (χ2n) is 2.97. The van der Waals surface area contributed by atoms with Gasteiger partial charge in [-0.05, 0) is 31.5 Å². The first-order chi connectivity index (χ1) is 7.11. The van der Waals surface area contributed by atoms with Gasteiger partial charge in [0.15, 0.2) is 0 Å². The molecule has 0 heterocycles. The van der Waals surface area contributed by atoms with E-state index in [1.54, 1.807) is 26.0 Å². The van der Waals surface area contributed by atoms with Crippen molar-refractivity contribution in [1.29, 1.82) is 5.26 Å². The molecule has 0 atom stereocenters. The Morgan fingerprint density at radius 3 is 2.80 bits per heavy atom. The van der Waals surface area contributed by atoms with E-state index in [1.807, 2.05) is 6.07 Å². The summed E-state index contributed by atoms with van der Waals surface area (Å²) in [6.45, 7) is 3.83. The maximum atomic E-state index is 11.5. The van der Waals surface area contributed by atoms with E-state index < -0.39 is 0 Å². The second kappa shape index (κ2) is 4.85. The highest BCUT2D eigenvalue weighted by Crippen LogP contribution is 2.22. The maximum absolute atomic E-state index is 11.5. The van der Waals surface area contributed by atoms with Crippen LogP contribution in [0.5, 0.6) is 0 Å². The molecule has 1 rings (SSSR count). The highest BCUT2D eigenvalue weighted by atomic mass is 32.1. The van der Waals surface area contributed by atoms with Crippen molar-refractivity contribution in [2.24, 2.45) is 0 Å². The molecular formula is C11H11NO2S. The fraction of sp³-hybridized carbons (Fsp3) is 0.273. The lowest BCUT2D eigenvalue weighted by Crippen LogP contribution is -2.07. The van der Waals surface area contributed by atoms with Gasteiger partial charge in [0.1, 0.15) is 6.07 Å². The molecule has 15 heavy (non-hydrogen) atoms. The molecule has 1 aromatic rings. The van der Waals surface area contributed by atoms with Crippen LogP contribution >= 0.6 is 12.6 Å². The van der Waals surface area contributed by atoms with Gasteiger partial charge in [-0.2, -0.15) is 5.26 Å². The summed E-state index contributed by atoms with van der Waals surface area (Å²) >= 11 is 4.19. The van der Waals surface area contributed by atoms with E-state index in [2.05, 4.69) is 12.6 Å². The predicted octanol–water partition coefficient (Wildman–Crippen LogP) is 2.33. The second-order valence-corrected chi connectivity index (χ2v) is 3.41. The Balaban J connectivity index is 3.19. The molecule has 0 fully saturated rings. The average molecular weight is 221 g/mol. The fourth-order valence-corrected chi connectivity index (χ4v) is 1.47. The normalized spacial score (nSPS) is 9.47. The lowest BCUT2D eigenvalue weighted by Gasteiger charge is -2.08. The van der Waals surface area contributed by atoms with Crippen molar-refractivity contribution in [2.45, 2.75) is 18.7 Å². The van der Waals surface area contributed by atoms with Crippen molar-refractivity contribution in [3.63, 3.8) is 0 Å². The highest BCUT2D eigenvalue weighted by molar-refractivity contribution is 7.80. The van der Waals surface area contributed by atoms with E-state index in [0.717, 1.165) is 0 Å². The molecule has 3 nitrogen and oxygen atoms in total. The summed E-state index contributed by atoms with van der Waals surface area (Å²) in [6, 6.07) is 5.17. The topological polar surface area (TPSA) is 50.1 Å². The van der Waals surface area contributed by atoms with E-state index in [4.69, 9.17) is 10.00 Å². The van der Waals surface area contributed by atoms with Gasteiger partial charge in [0, 0.05) is 4.90 Å². The number of nitrogens with zero attached hydrogens (tertiary/aromatic N) is 1. The number of esters is 1. The summed E-state index contributed by atoms with van der Waals surface area (Å²) in [5, 5.41) is 8.76. The van der Waals surface area contributed by atoms with E-state index >= 15 is 0 Å². The molecular weight excluding hydrogens is 210 g/mol. The van der Waals surface area contributed by atoms with Crippen molar-refractivity contribution >= 4 is 18.6 Å². The quantitative estimate of drug-likeness (QED) is 0.616. The minimum atomic E-state index is -0.380. The molecule has 1 aromatic carbocycles. The number of rotatable bonds is 2. The Morgan fingerprint density at radius 2 is 2.27 bits per heavy atom. The van der Waals surface area contributed by atoms with Crippen molar-refractivity contribution in [3.05, 3.63) is 28.8 Å². The monoisotopic (exact) mass is 221 g/mol. The molecule has 0 aliphatic heterocycles. The van der Waals surface area contributed by atoms with Gasteiger partial charge >= 0.3 is 5.97 Å². The van der Waals surface area contributed by atoms with Crippen LogP contribution in [0, 0.1) is 18.3 Å². The number of nitriles is 1. The van der Waals surface area contributed by atoms with Crippen LogP contribution in [-0.2, 0) is 4.74 Å². The summed E-state index contributed by atoms with van der Waals surface area (Å²) in [4.78, 5) is 12.0. The molecule has 78 valence electrons. The molecule has 0 spiro atoms. The third-order valence-corrected chi connectivity index (χ3v) is 2.62. The third-order valence-electron chi connectivity index (χ3n) is 2.05. The Kier molecular flexibility index (Phi) is 3.75. The minimum absolute atomic E-state index is 0.334. The summed E-state index contributed by atoms with van der Waals surface area (Å²) < 4.78 is 4.88. The Morgan fingerprint density at radius 1 is 1.60 bits per heavy atom. The fourth-order valence-electron chi connectivity index (χ4n) is 1.22. The number of hydrogen-bond acceptors (Lipinski definition) is 4.